The van der Waals surface area contributed by atoms with Crippen LogP contribution in [0.15, 0.2) is 59.5 Å². The summed E-state index contributed by atoms with van der Waals surface area (Å²) in [4.78, 5) is 11.2. The zero-order valence-corrected chi connectivity index (χ0v) is 12.6. The number of nitrogens with one attached hydrogen (secondary N) is 1. The number of sulfonamides is 1. The van der Waals surface area contributed by atoms with Crippen molar-refractivity contribution in [3.05, 3.63) is 65.7 Å². The van der Waals surface area contributed by atoms with Crippen LogP contribution in [-0.2, 0) is 27.8 Å². The number of carbonyl (C=O) groups is 1. The van der Waals surface area contributed by atoms with Crippen molar-refractivity contribution < 1.29 is 13.2 Å². The minimum absolute atomic E-state index is 0.0489. The molecule has 0 saturated heterocycles. The van der Waals surface area contributed by atoms with Crippen LogP contribution in [0.25, 0.3) is 0 Å². The van der Waals surface area contributed by atoms with Crippen molar-refractivity contribution in [3.63, 3.8) is 0 Å². The highest BCUT2D eigenvalue weighted by Crippen LogP contribution is 2.12. The van der Waals surface area contributed by atoms with E-state index in [0.29, 0.717) is 6.42 Å². The fourth-order valence-corrected chi connectivity index (χ4v) is 2.95. The lowest BCUT2D eigenvalue weighted by molar-refractivity contribution is -0.116. The van der Waals surface area contributed by atoms with Crippen molar-refractivity contribution >= 4 is 15.8 Å². The quantitative estimate of drug-likeness (QED) is 0.890. The maximum absolute atomic E-state index is 12.2. The van der Waals surface area contributed by atoms with Crippen molar-refractivity contribution in [2.24, 2.45) is 0 Å². The third kappa shape index (κ3) is 4.51. The predicted molar refractivity (Wildman–Crippen MR) is 81.3 cm³/mol. The van der Waals surface area contributed by atoms with Gasteiger partial charge in [-0.15, -0.1) is 0 Å². The van der Waals surface area contributed by atoms with Gasteiger partial charge < -0.3 is 0 Å². The van der Waals surface area contributed by atoms with E-state index in [1.54, 1.807) is 12.1 Å². The fraction of sp³-hybridized carbons (Fsp3) is 0.188. The third-order valence-electron chi connectivity index (χ3n) is 3.00. The Morgan fingerprint density at radius 1 is 0.952 bits per heavy atom. The smallest absolute Gasteiger partial charge is 0.240 e. The van der Waals surface area contributed by atoms with Crippen LogP contribution in [0.3, 0.4) is 0 Å². The van der Waals surface area contributed by atoms with Crippen LogP contribution in [0.5, 0.6) is 0 Å². The molecule has 4 nitrogen and oxygen atoms in total. The van der Waals surface area contributed by atoms with Gasteiger partial charge in [-0.05, 0) is 30.2 Å². The number of rotatable bonds is 6. The molecule has 0 heterocycles. The van der Waals surface area contributed by atoms with Gasteiger partial charge in [0.2, 0.25) is 10.0 Å². The van der Waals surface area contributed by atoms with Crippen molar-refractivity contribution in [3.8, 4) is 0 Å². The molecule has 0 atom stereocenters. The van der Waals surface area contributed by atoms with Crippen molar-refractivity contribution in [2.45, 2.75) is 24.8 Å². The second-order valence-electron chi connectivity index (χ2n) is 4.83. The molecule has 5 heteroatoms. The Morgan fingerprint density at radius 3 is 2.14 bits per heavy atom. The average molecular weight is 303 g/mol. The van der Waals surface area contributed by atoms with Crippen molar-refractivity contribution in [2.75, 3.05) is 0 Å². The third-order valence-corrected chi connectivity index (χ3v) is 4.41. The van der Waals surface area contributed by atoms with Crippen LogP contribution < -0.4 is 4.72 Å². The first-order chi connectivity index (χ1) is 9.97. The van der Waals surface area contributed by atoms with Gasteiger partial charge in [0.15, 0.2) is 0 Å². The molecule has 0 fully saturated rings. The van der Waals surface area contributed by atoms with Gasteiger partial charge in [0, 0.05) is 13.0 Å². The minimum atomic E-state index is -3.54. The molecule has 1 N–H and O–H groups in total. The molecule has 21 heavy (non-hydrogen) atoms. The van der Waals surface area contributed by atoms with Crippen molar-refractivity contribution in [1.29, 1.82) is 0 Å². The monoisotopic (exact) mass is 303 g/mol. The molecule has 0 unspecified atom stereocenters. The normalized spacial score (nSPS) is 11.3. The summed E-state index contributed by atoms with van der Waals surface area (Å²) in [7, 11) is -3.54. The highest BCUT2D eigenvalue weighted by atomic mass is 32.2. The molecule has 0 bridgehead atoms. The summed E-state index contributed by atoms with van der Waals surface area (Å²) in [5, 5.41) is 0. The summed E-state index contributed by atoms with van der Waals surface area (Å²) in [6, 6.07) is 15.7. The molecule has 0 aromatic heterocycles. The summed E-state index contributed by atoms with van der Waals surface area (Å²) in [6.07, 6.45) is 0.317. The first kappa shape index (κ1) is 15.4. The second-order valence-corrected chi connectivity index (χ2v) is 6.60. The molecular formula is C16H17NO3S. The molecule has 2 aromatic carbocycles. The summed E-state index contributed by atoms with van der Waals surface area (Å²) >= 11 is 0. The SMILES string of the molecule is CC(=O)Cc1ccc(S(=O)(=O)NCc2ccccc2)cc1. The zero-order valence-electron chi connectivity index (χ0n) is 11.7. The van der Waals surface area contributed by atoms with Crippen LogP contribution >= 0.6 is 0 Å². The van der Waals surface area contributed by atoms with Crippen LogP contribution in [0.4, 0.5) is 0 Å². The van der Waals surface area contributed by atoms with E-state index in [-0.39, 0.29) is 17.2 Å². The van der Waals surface area contributed by atoms with E-state index < -0.39 is 10.0 Å². The molecule has 110 valence electrons. The van der Waals surface area contributed by atoms with E-state index in [4.69, 9.17) is 0 Å². The molecule has 0 aliphatic rings. The van der Waals surface area contributed by atoms with Crippen molar-refractivity contribution in [1.82, 2.24) is 4.72 Å². The van der Waals surface area contributed by atoms with E-state index in [2.05, 4.69) is 4.72 Å². The Morgan fingerprint density at radius 2 is 1.57 bits per heavy atom. The number of Topliss-reactive ketones (excluding diaryl/α,β-unsaturated/α-hetero) is 1. The molecule has 2 rings (SSSR count). The van der Waals surface area contributed by atoms with Crippen LogP contribution in [-0.4, -0.2) is 14.2 Å². The maximum Gasteiger partial charge on any atom is 0.240 e. The molecule has 0 radical (unpaired) electrons. The molecule has 0 aliphatic heterocycles. The highest BCUT2D eigenvalue weighted by Gasteiger charge is 2.13. The Balaban J connectivity index is 2.07. The topological polar surface area (TPSA) is 63.2 Å². The largest absolute Gasteiger partial charge is 0.300 e. The number of carbonyl (C=O) groups excluding carboxylic acids is 1. The first-order valence-electron chi connectivity index (χ1n) is 6.59. The predicted octanol–water partition coefficient (Wildman–Crippen LogP) is 2.30. The first-order valence-corrected chi connectivity index (χ1v) is 8.08. The van der Waals surface area contributed by atoms with E-state index in [0.717, 1.165) is 11.1 Å². The fourth-order valence-electron chi connectivity index (χ4n) is 1.93. The number of hydrogen-bond acceptors (Lipinski definition) is 3. The van der Waals surface area contributed by atoms with E-state index in [1.165, 1.54) is 19.1 Å². The summed E-state index contributed by atoms with van der Waals surface area (Å²) in [5.74, 6) is 0.0489. The molecule has 0 amide bonds. The highest BCUT2D eigenvalue weighted by molar-refractivity contribution is 7.89. The summed E-state index contributed by atoms with van der Waals surface area (Å²) < 4.78 is 26.9. The Labute approximate surface area is 124 Å². The van der Waals surface area contributed by atoms with Crippen LogP contribution in [0, 0.1) is 0 Å². The zero-order chi connectivity index (χ0) is 15.3. The van der Waals surface area contributed by atoms with E-state index in [9.17, 15) is 13.2 Å². The summed E-state index contributed by atoms with van der Waals surface area (Å²) in [6.45, 7) is 1.75. The molecule has 0 saturated carbocycles. The number of ketones is 1. The van der Waals surface area contributed by atoms with Crippen LogP contribution in [0.1, 0.15) is 18.1 Å². The van der Waals surface area contributed by atoms with Crippen LogP contribution in [0.2, 0.25) is 0 Å². The standard InChI is InChI=1S/C16H17NO3S/c1-13(18)11-14-7-9-16(10-8-14)21(19,20)17-12-15-5-3-2-4-6-15/h2-10,17H,11-12H2,1H3. The molecular weight excluding hydrogens is 286 g/mol. The van der Waals surface area contributed by atoms with Gasteiger partial charge in [-0.25, -0.2) is 13.1 Å². The number of hydrogen-bond donors (Lipinski definition) is 1. The van der Waals surface area contributed by atoms with Gasteiger partial charge in [0.05, 0.1) is 4.90 Å². The Hall–Kier alpha value is -1.98. The average Bonchev–Trinajstić information content (AvgIpc) is 2.46. The van der Waals surface area contributed by atoms with E-state index in [1.807, 2.05) is 30.3 Å². The number of benzene rings is 2. The Bertz CT molecular complexity index is 707. The summed E-state index contributed by atoms with van der Waals surface area (Å²) in [5.41, 5.74) is 1.71. The molecule has 0 aliphatic carbocycles. The van der Waals surface area contributed by atoms with Gasteiger partial charge in [-0.1, -0.05) is 42.5 Å². The Kier molecular flexibility index (Phi) is 4.88. The van der Waals surface area contributed by atoms with Gasteiger partial charge in [0.25, 0.3) is 0 Å². The van der Waals surface area contributed by atoms with Gasteiger partial charge in [-0.2, -0.15) is 0 Å². The molecule has 0 spiro atoms. The minimum Gasteiger partial charge on any atom is -0.300 e. The van der Waals surface area contributed by atoms with E-state index >= 15 is 0 Å². The second kappa shape index (κ2) is 6.65. The lowest BCUT2D eigenvalue weighted by atomic mass is 10.1. The lowest BCUT2D eigenvalue weighted by Crippen LogP contribution is -2.23. The lowest BCUT2D eigenvalue weighted by Gasteiger charge is -2.07. The van der Waals surface area contributed by atoms with Gasteiger partial charge in [0.1, 0.15) is 5.78 Å². The maximum atomic E-state index is 12.2. The molecule has 2 aromatic rings. The van der Waals surface area contributed by atoms with Gasteiger partial charge >= 0.3 is 0 Å². The van der Waals surface area contributed by atoms with Gasteiger partial charge in [-0.3, -0.25) is 4.79 Å².